The lowest BCUT2D eigenvalue weighted by Gasteiger charge is -2.36. The monoisotopic (exact) mass is 567 g/mol. The van der Waals surface area contributed by atoms with E-state index in [9.17, 15) is 22.0 Å². The van der Waals surface area contributed by atoms with Gasteiger partial charge in [0.2, 0.25) is 15.7 Å². The number of sulfone groups is 1. The molecule has 1 N–H and O–H groups in total. The second-order valence-electron chi connectivity index (χ2n) is 9.66. The zero-order valence-electron chi connectivity index (χ0n) is 21.8. The highest BCUT2D eigenvalue weighted by atomic mass is 32.2. The summed E-state index contributed by atoms with van der Waals surface area (Å²) in [7, 11) is -4.70. The van der Waals surface area contributed by atoms with Crippen LogP contribution in [-0.4, -0.2) is 60.3 Å². The fraction of sp³-hybridized carbons (Fsp3) is 0.286. The van der Waals surface area contributed by atoms with Gasteiger partial charge in [-0.1, -0.05) is 6.07 Å². The molecule has 1 amide bonds. The predicted octanol–water partition coefficient (Wildman–Crippen LogP) is 4.48. The van der Waals surface area contributed by atoms with Crippen LogP contribution < -0.4 is 10.2 Å². The topological polar surface area (TPSA) is 114 Å². The van der Waals surface area contributed by atoms with Gasteiger partial charge in [0.05, 0.1) is 46.1 Å². The zero-order chi connectivity index (χ0) is 28.4. The Kier molecular flexibility index (Phi) is 7.72. The molecule has 2 atom stereocenters. The van der Waals surface area contributed by atoms with E-state index in [-0.39, 0.29) is 24.3 Å². The molecule has 4 aromatic rings. The third kappa shape index (κ3) is 6.07. The number of carbonyl (C=O) groups excluding carboxylic acids is 1. The van der Waals surface area contributed by atoms with Crippen molar-refractivity contribution in [2.24, 2.45) is 0 Å². The lowest BCUT2D eigenvalue weighted by Crippen LogP contribution is -2.45. The molecule has 0 bridgehead atoms. The third-order valence-electron chi connectivity index (χ3n) is 6.41. The van der Waals surface area contributed by atoms with Crippen LogP contribution in [-0.2, 0) is 25.8 Å². The van der Waals surface area contributed by atoms with Crippen LogP contribution >= 0.6 is 0 Å². The highest BCUT2D eigenvalue weighted by Gasteiger charge is 2.26. The Morgan fingerprint density at radius 1 is 1.02 bits per heavy atom. The Balaban J connectivity index is 1.31. The van der Waals surface area contributed by atoms with Crippen molar-refractivity contribution in [2.75, 3.05) is 23.3 Å². The first-order valence-electron chi connectivity index (χ1n) is 12.6. The van der Waals surface area contributed by atoms with E-state index in [0.29, 0.717) is 16.9 Å². The van der Waals surface area contributed by atoms with Gasteiger partial charge >= 0.3 is 5.76 Å². The Bertz CT molecular complexity index is 1640. The van der Waals surface area contributed by atoms with E-state index in [2.05, 4.69) is 15.2 Å². The number of fused-ring (bicyclic) bond motifs is 1. The standard InChI is InChI=1S/C28H27F2N5O4S/c1-17-15-35(16-18(2)39-17)26-5-3-4-23(34-26)24-11-6-19-14-31-21(12-25(19)33-24)13-27(36)32-20-7-9-22(10-8-20)40(37,38)28(29)30/h3-12,14,17-18,28H,13,15-16H2,1-2H3,(H,32,36)/t17-,18+. The van der Waals surface area contributed by atoms with E-state index in [1.807, 2.05) is 44.2 Å². The summed E-state index contributed by atoms with van der Waals surface area (Å²) >= 11 is 0. The number of amides is 1. The second kappa shape index (κ2) is 11.2. The predicted molar refractivity (Wildman–Crippen MR) is 147 cm³/mol. The van der Waals surface area contributed by atoms with Gasteiger partial charge in [-0.25, -0.2) is 18.4 Å². The van der Waals surface area contributed by atoms with Gasteiger partial charge < -0.3 is 15.0 Å². The Labute approximate surface area is 230 Å². The van der Waals surface area contributed by atoms with Gasteiger partial charge in [0.15, 0.2) is 0 Å². The van der Waals surface area contributed by atoms with Gasteiger partial charge in [0.25, 0.3) is 0 Å². The van der Waals surface area contributed by atoms with Crippen molar-refractivity contribution < 1.29 is 26.7 Å². The molecule has 0 unspecified atom stereocenters. The van der Waals surface area contributed by atoms with Crippen molar-refractivity contribution in [1.29, 1.82) is 0 Å². The molecule has 1 fully saturated rings. The normalized spacial score (nSPS) is 17.8. The summed E-state index contributed by atoms with van der Waals surface area (Å²) in [6, 6.07) is 15.9. The van der Waals surface area contributed by atoms with Crippen molar-refractivity contribution in [3.8, 4) is 11.4 Å². The van der Waals surface area contributed by atoms with Gasteiger partial charge in [-0.2, -0.15) is 8.78 Å². The summed E-state index contributed by atoms with van der Waals surface area (Å²) in [6.45, 7) is 5.59. The first-order chi connectivity index (χ1) is 19.1. The van der Waals surface area contributed by atoms with Crippen molar-refractivity contribution in [3.05, 3.63) is 72.6 Å². The summed E-state index contributed by atoms with van der Waals surface area (Å²) in [5.41, 5.74) is 2.81. The van der Waals surface area contributed by atoms with E-state index in [4.69, 9.17) is 14.7 Å². The number of nitrogens with zero attached hydrogens (tertiary/aromatic N) is 4. The first kappa shape index (κ1) is 27.5. The highest BCUT2D eigenvalue weighted by Crippen LogP contribution is 2.25. The molecule has 5 rings (SSSR count). The molecule has 0 aliphatic carbocycles. The van der Waals surface area contributed by atoms with Gasteiger partial charge in [0.1, 0.15) is 5.82 Å². The fourth-order valence-electron chi connectivity index (χ4n) is 4.60. The van der Waals surface area contributed by atoms with Crippen LogP contribution in [0.3, 0.4) is 0 Å². The molecule has 1 aromatic carbocycles. The molecule has 1 aliphatic rings. The number of aromatic nitrogens is 3. The smallest absolute Gasteiger partial charge is 0.341 e. The summed E-state index contributed by atoms with van der Waals surface area (Å²) in [6.07, 6.45) is 1.79. The van der Waals surface area contributed by atoms with Crippen LogP contribution in [0.25, 0.3) is 22.3 Å². The number of pyridine rings is 3. The van der Waals surface area contributed by atoms with E-state index in [1.165, 1.54) is 12.1 Å². The second-order valence-corrected chi connectivity index (χ2v) is 11.6. The van der Waals surface area contributed by atoms with Gasteiger partial charge in [-0.3, -0.25) is 9.78 Å². The van der Waals surface area contributed by atoms with Crippen LogP contribution in [0.5, 0.6) is 0 Å². The molecule has 0 radical (unpaired) electrons. The molecule has 12 heteroatoms. The quantitative estimate of drug-likeness (QED) is 0.348. The molecule has 3 aromatic heterocycles. The minimum Gasteiger partial charge on any atom is -0.372 e. The van der Waals surface area contributed by atoms with Crippen LogP contribution in [0.1, 0.15) is 19.5 Å². The maximum absolute atomic E-state index is 12.7. The first-order valence-corrected chi connectivity index (χ1v) is 14.2. The number of hydrogen-bond acceptors (Lipinski definition) is 8. The maximum Gasteiger partial charge on any atom is 0.341 e. The minimum atomic E-state index is -4.70. The summed E-state index contributed by atoms with van der Waals surface area (Å²) in [5, 5.41) is 3.42. The average molecular weight is 568 g/mol. The number of nitrogens with one attached hydrogen (secondary N) is 1. The van der Waals surface area contributed by atoms with Crippen LogP contribution in [0.2, 0.25) is 0 Å². The van der Waals surface area contributed by atoms with Crippen molar-refractivity contribution in [1.82, 2.24) is 15.0 Å². The van der Waals surface area contributed by atoms with E-state index in [1.54, 1.807) is 12.3 Å². The van der Waals surface area contributed by atoms with Crippen molar-refractivity contribution >= 4 is 38.2 Å². The number of morpholine rings is 1. The maximum atomic E-state index is 12.7. The number of carbonyl (C=O) groups is 1. The molecule has 0 saturated carbocycles. The van der Waals surface area contributed by atoms with Gasteiger partial charge in [-0.15, -0.1) is 0 Å². The van der Waals surface area contributed by atoms with Crippen molar-refractivity contribution in [3.63, 3.8) is 0 Å². The minimum absolute atomic E-state index is 0.0694. The fourth-order valence-corrected chi connectivity index (χ4v) is 5.33. The lowest BCUT2D eigenvalue weighted by atomic mass is 10.1. The highest BCUT2D eigenvalue weighted by molar-refractivity contribution is 7.91. The molecule has 4 heterocycles. The number of rotatable bonds is 7. The molecule has 9 nitrogen and oxygen atoms in total. The molecular weight excluding hydrogens is 540 g/mol. The van der Waals surface area contributed by atoms with Gasteiger partial charge in [-0.05, 0) is 68.4 Å². The average Bonchev–Trinajstić information content (AvgIpc) is 2.92. The van der Waals surface area contributed by atoms with Crippen LogP contribution in [0.4, 0.5) is 20.3 Å². The third-order valence-corrected chi connectivity index (χ3v) is 7.81. The molecule has 40 heavy (non-hydrogen) atoms. The molecule has 0 spiro atoms. The summed E-state index contributed by atoms with van der Waals surface area (Å²) in [5.74, 6) is -3.07. The number of benzene rings is 1. The summed E-state index contributed by atoms with van der Waals surface area (Å²) in [4.78, 5) is 28.2. The molecule has 1 aliphatic heterocycles. The number of halogens is 2. The Morgan fingerprint density at radius 2 is 1.73 bits per heavy atom. The van der Waals surface area contributed by atoms with Crippen molar-refractivity contribution in [2.45, 2.75) is 43.1 Å². The summed E-state index contributed by atoms with van der Waals surface area (Å²) < 4.78 is 54.4. The van der Waals surface area contributed by atoms with E-state index in [0.717, 1.165) is 42.1 Å². The van der Waals surface area contributed by atoms with E-state index < -0.39 is 26.4 Å². The van der Waals surface area contributed by atoms with Crippen LogP contribution in [0.15, 0.2) is 71.8 Å². The SMILES string of the molecule is C[C@@H]1CN(c2cccc(-c3ccc4cnc(CC(=O)Nc5ccc(S(=O)(=O)C(F)F)cc5)cc4n3)n2)C[C@H](C)O1. The molecular formula is C28H27F2N5O4S. The number of alkyl halides is 2. The Hall–Kier alpha value is -4.03. The number of ether oxygens (including phenoxy) is 1. The van der Waals surface area contributed by atoms with E-state index >= 15 is 0 Å². The number of hydrogen-bond donors (Lipinski definition) is 1. The van der Waals surface area contributed by atoms with Gasteiger partial charge in [0, 0.05) is 30.4 Å². The van der Waals surface area contributed by atoms with Crippen LogP contribution in [0, 0.1) is 0 Å². The molecule has 208 valence electrons. The molecule has 1 saturated heterocycles. The zero-order valence-corrected chi connectivity index (χ0v) is 22.6. The number of anilines is 2. The largest absolute Gasteiger partial charge is 0.372 e. The Morgan fingerprint density at radius 3 is 2.42 bits per heavy atom. The lowest BCUT2D eigenvalue weighted by molar-refractivity contribution is -0.115.